The van der Waals surface area contributed by atoms with Crippen molar-refractivity contribution in [2.75, 3.05) is 33.2 Å². The first kappa shape index (κ1) is 17.2. The van der Waals surface area contributed by atoms with Gasteiger partial charge in [-0.2, -0.15) is 0 Å². The SMILES string of the molecule is CNC1CCN(C(C)CCC(C)N2CCC(N)CC2)CC1. The van der Waals surface area contributed by atoms with Gasteiger partial charge in [0.2, 0.25) is 0 Å². The number of nitrogens with one attached hydrogen (secondary N) is 1. The highest BCUT2D eigenvalue weighted by Crippen LogP contribution is 2.19. The zero-order valence-electron chi connectivity index (χ0n) is 14.4. The fourth-order valence-electron chi connectivity index (χ4n) is 3.84. The fourth-order valence-corrected chi connectivity index (χ4v) is 3.84. The smallest absolute Gasteiger partial charge is 0.00884 e. The van der Waals surface area contributed by atoms with E-state index in [2.05, 4.69) is 36.0 Å². The molecule has 2 heterocycles. The van der Waals surface area contributed by atoms with Gasteiger partial charge in [0.05, 0.1) is 0 Å². The molecular weight excluding hydrogens is 260 g/mol. The molecule has 0 spiro atoms. The Morgan fingerprint density at radius 1 is 0.905 bits per heavy atom. The van der Waals surface area contributed by atoms with E-state index in [9.17, 15) is 0 Å². The van der Waals surface area contributed by atoms with Crippen LogP contribution in [-0.2, 0) is 0 Å². The summed E-state index contributed by atoms with van der Waals surface area (Å²) in [7, 11) is 2.09. The van der Waals surface area contributed by atoms with Crippen molar-refractivity contribution in [2.24, 2.45) is 5.73 Å². The Morgan fingerprint density at radius 2 is 1.33 bits per heavy atom. The minimum absolute atomic E-state index is 0.445. The van der Waals surface area contributed by atoms with Gasteiger partial charge in [-0.25, -0.2) is 0 Å². The topological polar surface area (TPSA) is 44.5 Å². The molecule has 2 atom stereocenters. The van der Waals surface area contributed by atoms with E-state index in [1.54, 1.807) is 0 Å². The molecule has 0 bridgehead atoms. The van der Waals surface area contributed by atoms with Gasteiger partial charge >= 0.3 is 0 Å². The van der Waals surface area contributed by atoms with Crippen LogP contribution in [-0.4, -0.2) is 67.2 Å². The van der Waals surface area contributed by atoms with Crippen LogP contribution in [0.3, 0.4) is 0 Å². The lowest BCUT2D eigenvalue weighted by Crippen LogP contribution is -2.46. The molecule has 4 heteroatoms. The first-order chi connectivity index (χ1) is 10.1. The van der Waals surface area contributed by atoms with Crippen molar-refractivity contribution in [3.8, 4) is 0 Å². The highest BCUT2D eigenvalue weighted by atomic mass is 15.2. The summed E-state index contributed by atoms with van der Waals surface area (Å²) in [5, 5.41) is 3.42. The van der Waals surface area contributed by atoms with E-state index in [1.807, 2.05) is 0 Å². The van der Waals surface area contributed by atoms with E-state index in [1.165, 1.54) is 64.7 Å². The molecule has 0 amide bonds. The predicted molar refractivity (Wildman–Crippen MR) is 90.6 cm³/mol. The van der Waals surface area contributed by atoms with E-state index in [0.29, 0.717) is 6.04 Å². The van der Waals surface area contributed by atoms with Crippen LogP contribution in [0.1, 0.15) is 52.4 Å². The van der Waals surface area contributed by atoms with Crippen molar-refractivity contribution in [1.29, 1.82) is 0 Å². The third-order valence-electron chi connectivity index (χ3n) is 5.76. The molecule has 2 fully saturated rings. The van der Waals surface area contributed by atoms with Crippen LogP contribution in [0.15, 0.2) is 0 Å². The third kappa shape index (κ3) is 5.20. The van der Waals surface area contributed by atoms with Crippen molar-refractivity contribution in [3.05, 3.63) is 0 Å². The highest BCUT2D eigenvalue weighted by Gasteiger charge is 2.24. The van der Waals surface area contributed by atoms with E-state index < -0.39 is 0 Å². The molecule has 4 nitrogen and oxygen atoms in total. The number of hydrogen-bond donors (Lipinski definition) is 2. The maximum atomic E-state index is 6.00. The van der Waals surface area contributed by atoms with Crippen LogP contribution in [0.5, 0.6) is 0 Å². The molecule has 0 radical (unpaired) electrons. The maximum absolute atomic E-state index is 6.00. The molecule has 0 aromatic heterocycles. The third-order valence-corrected chi connectivity index (χ3v) is 5.76. The van der Waals surface area contributed by atoms with Crippen molar-refractivity contribution in [2.45, 2.75) is 76.5 Å². The number of likely N-dealkylation sites (tertiary alicyclic amines) is 2. The van der Waals surface area contributed by atoms with Gasteiger partial charge in [-0.1, -0.05) is 0 Å². The summed E-state index contributed by atoms with van der Waals surface area (Å²) < 4.78 is 0. The average molecular weight is 297 g/mol. The number of nitrogens with two attached hydrogens (primary N) is 1. The number of piperidine rings is 2. The summed E-state index contributed by atoms with van der Waals surface area (Å²) in [4.78, 5) is 5.33. The summed E-state index contributed by atoms with van der Waals surface area (Å²) in [5.74, 6) is 0. The average Bonchev–Trinajstić information content (AvgIpc) is 2.53. The van der Waals surface area contributed by atoms with E-state index >= 15 is 0 Å². The molecule has 2 aliphatic heterocycles. The fraction of sp³-hybridized carbons (Fsp3) is 1.00. The largest absolute Gasteiger partial charge is 0.328 e. The second-order valence-electron chi connectivity index (χ2n) is 7.25. The second kappa shape index (κ2) is 8.47. The van der Waals surface area contributed by atoms with Crippen LogP contribution in [0.25, 0.3) is 0 Å². The Balaban J connectivity index is 1.65. The Bertz CT molecular complexity index is 281. The maximum Gasteiger partial charge on any atom is 0.00884 e. The molecule has 3 N–H and O–H groups in total. The monoisotopic (exact) mass is 296 g/mol. The van der Waals surface area contributed by atoms with Gasteiger partial charge in [-0.05, 0) is 85.6 Å². The van der Waals surface area contributed by atoms with E-state index in [4.69, 9.17) is 5.73 Å². The Kier molecular flexibility index (Phi) is 6.93. The zero-order chi connectivity index (χ0) is 15.2. The predicted octanol–water partition coefficient (Wildman–Crippen LogP) is 1.65. The Labute approximate surface area is 131 Å². The van der Waals surface area contributed by atoms with Gasteiger partial charge in [-0.15, -0.1) is 0 Å². The zero-order valence-corrected chi connectivity index (χ0v) is 14.4. The summed E-state index contributed by atoms with van der Waals surface area (Å²) in [6.45, 7) is 9.74. The van der Waals surface area contributed by atoms with Gasteiger partial charge in [0.1, 0.15) is 0 Å². The molecule has 124 valence electrons. The van der Waals surface area contributed by atoms with Gasteiger partial charge in [0.15, 0.2) is 0 Å². The molecule has 2 saturated heterocycles. The van der Waals surface area contributed by atoms with Crippen molar-refractivity contribution >= 4 is 0 Å². The Hall–Kier alpha value is -0.160. The van der Waals surface area contributed by atoms with Gasteiger partial charge < -0.3 is 20.9 Å². The first-order valence-electron chi connectivity index (χ1n) is 9.01. The molecule has 0 aromatic carbocycles. The summed E-state index contributed by atoms with van der Waals surface area (Å²) >= 11 is 0. The lowest BCUT2D eigenvalue weighted by atomic mass is 9.99. The van der Waals surface area contributed by atoms with Gasteiger partial charge in [0, 0.05) is 24.2 Å². The van der Waals surface area contributed by atoms with Gasteiger partial charge in [-0.3, -0.25) is 0 Å². The molecule has 2 rings (SSSR count). The number of hydrogen-bond acceptors (Lipinski definition) is 4. The number of nitrogens with zero attached hydrogens (tertiary/aromatic N) is 2. The molecule has 2 unspecified atom stereocenters. The Morgan fingerprint density at radius 3 is 1.76 bits per heavy atom. The van der Waals surface area contributed by atoms with Crippen LogP contribution in [0.4, 0.5) is 0 Å². The molecule has 2 aliphatic rings. The molecule has 21 heavy (non-hydrogen) atoms. The quantitative estimate of drug-likeness (QED) is 0.782. The van der Waals surface area contributed by atoms with Gasteiger partial charge in [0.25, 0.3) is 0 Å². The lowest BCUT2D eigenvalue weighted by molar-refractivity contribution is 0.121. The highest BCUT2D eigenvalue weighted by molar-refractivity contribution is 4.82. The van der Waals surface area contributed by atoms with E-state index in [-0.39, 0.29) is 0 Å². The molecular formula is C17H36N4. The molecule has 0 aliphatic carbocycles. The van der Waals surface area contributed by atoms with Crippen molar-refractivity contribution < 1.29 is 0 Å². The van der Waals surface area contributed by atoms with Crippen molar-refractivity contribution in [1.82, 2.24) is 15.1 Å². The molecule has 0 aromatic rings. The lowest BCUT2D eigenvalue weighted by Gasteiger charge is -2.38. The second-order valence-corrected chi connectivity index (χ2v) is 7.25. The summed E-state index contributed by atoms with van der Waals surface area (Å²) in [5.41, 5.74) is 6.00. The number of rotatable bonds is 6. The summed E-state index contributed by atoms with van der Waals surface area (Å²) in [6.07, 6.45) is 7.62. The van der Waals surface area contributed by atoms with E-state index in [0.717, 1.165) is 18.1 Å². The molecule has 0 saturated carbocycles. The first-order valence-corrected chi connectivity index (χ1v) is 9.01. The van der Waals surface area contributed by atoms with Crippen LogP contribution < -0.4 is 11.1 Å². The van der Waals surface area contributed by atoms with Crippen molar-refractivity contribution in [3.63, 3.8) is 0 Å². The minimum Gasteiger partial charge on any atom is -0.328 e. The minimum atomic E-state index is 0.445. The normalized spacial score (nSPS) is 26.9. The summed E-state index contributed by atoms with van der Waals surface area (Å²) in [6, 6.07) is 2.64. The van der Waals surface area contributed by atoms with Crippen LogP contribution in [0.2, 0.25) is 0 Å². The standard InChI is InChI=1S/C17H36N4/c1-14(20-10-6-16(18)7-11-20)4-5-15(2)21-12-8-17(19-3)9-13-21/h14-17,19H,4-13,18H2,1-3H3. The van der Waals surface area contributed by atoms with Crippen LogP contribution >= 0.6 is 0 Å². The van der Waals surface area contributed by atoms with Crippen LogP contribution in [0, 0.1) is 0 Å².